The number of hydrogen-bond acceptors (Lipinski definition) is 4. The smallest absolute Gasteiger partial charge is 0.416 e. The Labute approximate surface area is 136 Å². The highest BCUT2D eigenvalue weighted by Gasteiger charge is 2.30. The number of benzene rings is 2. The van der Waals surface area contributed by atoms with Gasteiger partial charge in [0.2, 0.25) is 0 Å². The molecule has 0 amide bonds. The van der Waals surface area contributed by atoms with Gasteiger partial charge in [-0.1, -0.05) is 6.07 Å². The normalized spacial score (nSPS) is 10.2. The van der Waals surface area contributed by atoms with Gasteiger partial charge in [0.15, 0.2) is 0 Å². The maximum Gasteiger partial charge on any atom is 0.416 e. The number of hydrogen-bond donors (Lipinski definition) is 1. The van der Waals surface area contributed by atoms with Gasteiger partial charge in [-0.15, -0.1) is 0 Å². The molecule has 0 unspecified atom stereocenters. The van der Waals surface area contributed by atoms with Crippen LogP contribution in [-0.4, -0.2) is 0 Å². The third kappa shape index (κ3) is 4.52. The summed E-state index contributed by atoms with van der Waals surface area (Å²) in [5.74, 6) is 0.423. The number of ether oxygens (including phenoxy) is 1. The first-order valence-electron chi connectivity index (χ1n) is 6.64. The number of anilines is 1. The molecule has 0 atom stereocenters. The number of nitrogens with zero attached hydrogens (tertiary/aromatic N) is 2. The summed E-state index contributed by atoms with van der Waals surface area (Å²) in [6.07, 6.45) is -3.18. The third-order valence-electron chi connectivity index (χ3n) is 2.88. The molecule has 0 saturated carbocycles. The summed E-state index contributed by atoms with van der Waals surface area (Å²) < 4.78 is 43.3. The van der Waals surface area contributed by atoms with Crippen molar-refractivity contribution in [1.82, 2.24) is 0 Å². The van der Waals surface area contributed by atoms with E-state index in [4.69, 9.17) is 15.3 Å². The first-order valence-corrected chi connectivity index (χ1v) is 6.64. The zero-order valence-electron chi connectivity index (χ0n) is 12.1. The summed E-state index contributed by atoms with van der Waals surface area (Å²) >= 11 is 0. The van der Waals surface area contributed by atoms with Crippen molar-refractivity contribution >= 4 is 5.69 Å². The second-order valence-electron chi connectivity index (χ2n) is 4.58. The van der Waals surface area contributed by atoms with Crippen LogP contribution < -0.4 is 10.1 Å². The summed E-state index contributed by atoms with van der Waals surface area (Å²) in [6, 6.07) is 14.3. The van der Waals surface area contributed by atoms with Gasteiger partial charge in [-0.25, -0.2) is 0 Å². The van der Waals surface area contributed by atoms with E-state index in [1.807, 2.05) is 0 Å². The summed E-state index contributed by atoms with van der Waals surface area (Å²) in [5.41, 5.74) is -0.280. The first kappa shape index (κ1) is 16.9. The molecule has 0 bridgehead atoms. The van der Waals surface area contributed by atoms with E-state index in [0.29, 0.717) is 11.4 Å². The lowest BCUT2D eigenvalue weighted by Gasteiger charge is -2.10. The molecule has 0 spiro atoms. The number of halogens is 3. The molecule has 24 heavy (non-hydrogen) atoms. The van der Waals surface area contributed by atoms with Gasteiger partial charge in [-0.2, -0.15) is 23.7 Å². The molecule has 0 fully saturated rings. The predicted molar refractivity (Wildman–Crippen MR) is 80.9 cm³/mol. The Morgan fingerprint density at radius 1 is 1.00 bits per heavy atom. The average Bonchev–Trinajstić information content (AvgIpc) is 2.57. The van der Waals surface area contributed by atoms with Crippen LogP contribution in [0.5, 0.6) is 11.5 Å². The van der Waals surface area contributed by atoms with Crippen LogP contribution in [0.3, 0.4) is 0 Å². The van der Waals surface area contributed by atoms with Crippen molar-refractivity contribution in [3.8, 4) is 23.6 Å². The van der Waals surface area contributed by atoms with Crippen molar-refractivity contribution in [2.75, 3.05) is 5.32 Å². The minimum absolute atomic E-state index is 0.0710. The molecule has 0 aliphatic rings. The van der Waals surface area contributed by atoms with Crippen molar-refractivity contribution < 1.29 is 17.9 Å². The molecule has 0 aliphatic heterocycles. The molecule has 1 N–H and O–H groups in total. The standard InChI is InChI=1S/C17H10F3N3O/c18-17(19,20)13-2-1-3-16(8-13)24-15-6-4-14(5-7-15)23-11-12(9-21)10-22/h1-8,11,23H. The lowest BCUT2D eigenvalue weighted by Crippen LogP contribution is -2.04. The van der Waals surface area contributed by atoms with Crippen molar-refractivity contribution in [3.63, 3.8) is 0 Å². The van der Waals surface area contributed by atoms with Crippen LogP contribution in [0.15, 0.2) is 60.3 Å². The molecule has 2 aromatic carbocycles. The van der Waals surface area contributed by atoms with E-state index in [1.165, 1.54) is 18.3 Å². The van der Waals surface area contributed by atoms with Crippen molar-refractivity contribution in [1.29, 1.82) is 10.5 Å². The van der Waals surface area contributed by atoms with Gasteiger partial charge in [0.05, 0.1) is 5.56 Å². The van der Waals surface area contributed by atoms with Gasteiger partial charge >= 0.3 is 6.18 Å². The number of rotatable bonds is 4. The van der Waals surface area contributed by atoms with Crippen LogP contribution in [0, 0.1) is 22.7 Å². The number of allylic oxidation sites excluding steroid dienone is 1. The van der Waals surface area contributed by atoms with Gasteiger partial charge in [0, 0.05) is 11.9 Å². The van der Waals surface area contributed by atoms with Crippen molar-refractivity contribution in [2.45, 2.75) is 6.18 Å². The fraction of sp³-hybridized carbons (Fsp3) is 0.0588. The highest BCUT2D eigenvalue weighted by Crippen LogP contribution is 2.32. The topological polar surface area (TPSA) is 68.8 Å². The lowest BCUT2D eigenvalue weighted by molar-refractivity contribution is -0.137. The quantitative estimate of drug-likeness (QED) is 0.815. The Balaban J connectivity index is 2.09. The zero-order chi connectivity index (χ0) is 17.6. The van der Waals surface area contributed by atoms with Gasteiger partial charge < -0.3 is 10.1 Å². The second kappa shape index (κ2) is 7.21. The largest absolute Gasteiger partial charge is 0.457 e. The Kier molecular flexibility index (Phi) is 5.08. The average molecular weight is 329 g/mol. The summed E-state index contributed by atoms with van der Waals surface area (Å²) in [7, 11) is 0. The van der Waals surface area contributed by atoms with Crippen LogP contribution in [0.2, 0.25) is 0 Å². The molecule has 0 heterocycles. The summed E-state index contributed by atoms with van der Waals surface area (Å²) in [6.45, 7) is 0. The van der Waals surface area contributed by atoms with Crippen LogP contribution in [0.1, 0.15) is 5.56 Å². The molecule has 120 valence electrons. The highest BCUT2D eigenvalue weighted by molar-refractivity contribution is 5.51. The number of alkyl halides is 3. The van der Waals surface area contributed by atoms with E-state index in [9.17, 15) is 13.2 Å². The maximum absolute atomic E-state index is 12.7. The van der Waals surface area contributed by atoms with E-state index in [1.54, 1.807) is 36.4 Å². The van der Waals surface area contributed by atoms with Gasteiger partial charge in [0.1, 0.15) is 29.2 Å². The molecule has 0 aliphatic carbocycles. The fourth-order valence-electron chi connectivity index (χ4n) is 1.74. The van der Waals surface area contributed by atoms with Gasteiger partial charge in [-0.05, 0) is 42.5 Å². The van der Waals surface area contributed by atoms with Crippen molar-refractivity contribution in [3.05, 3.63) is 65.9 Å². The molecule has 0 radical (unpaired) electrons. The Morgan fingerprint density at radius 3 is 2.25 bits per heavy atom. The van der Waals surface area contributed by atoms with E-state index >= 15 is 0 Å². The number of nitrogens with one attached hydrogen (secondary N) is 1. The van der Waals surface area contributed by atoms with Crippen molar-refractivity contribution in [2.24, 2.45) is 0 Å². The SMILES string of the molecule is N#CC(C#N)=CNc1ccc(Oc2cccc(C(F)(F)F)c2)cc1. The maximum atomic E-state index is 12.7. The van der Waals surface area contributed by atoms with E-state index < -0.39 is 11.7 Å². The molecule has 0 aromatic heterocycles. The zero-order valence-corrected chi connectivity index (χ0v) is 12.1. The minimum Gasteiger partial charge on any atom is -0.457 e. The molecule has 4 nitrogen and oxygen atoms in total. The number of nitriles is 2. The molecule has 0 saturated heterocycles. The van der Waals surface area contributed by atoms with Gasteiger partial charge in [-0.3, -0.25) is 0 Å². The minimum atomic E-state index is -4.43. The van der Waals surface area contributed by atoms with E-state index in [-0.39, 0.29) is 11.3 Å². The Bertz CT molecular complexity index is 812. The van der Waals surface area contributed by atoms with Crippen LogP contribution in [0.25, 0.3) is 0 Å². The first-order chi connectivity index (χ1) is 11.4. The predicted octanol–water partition coefficient (Wildman–Crippen LogP) is 4.84. The Hall–Kier alpha value is -3.45. The van der Waals surface area contributed by atoms with E-state index in [2.05, 4.69) is 5.32 Å². The monoisotopic (exact) mass is 329 g/mol. The molecule has 7 heteroatoms. The van der Waals surface area contributed by atoms with Crippen LogP contribution in [0.4, 0.5) is 18.9 Å². The third-order valence-corrected chi connectivity index (χ3v) is 2.88. The van der Waals surface area contributed by atoms with E-state index in [0.717, 1.165) is 12.1 Å². The highest BCUT2D eigenvalue weighted by atomic mass is 19.4. The van der Waals surface area contributed by atoms with Gasteiger partial charge in [0.25, 0.3) is 0 Å². The van der Waals surface area contributed by atoms with Crippen LogP contribution >= 0.6 is 0 Å². The summed E-state index contributed by atoms with van der Waals surface area (Å²) in [4.78, 5) is 0. The molecule has 2 aromatic rings. The second-order valence-corrected chi connectivity index (χ2v) is 4.58. The molecule has 2 rings (SSSR count). The lowest BCUT2D eigenvalue weighted by atomic mass is 10.2. The van der Waals surface area contributed by atoms with Crippen LogP contribution in [-0.2, 0) is 6.18 Å². The molecular weight excluding hydrogens is 319 g/mol. The summed E-state index contributed by atoms with van der Waals surface area (Å²) in [5, 5.41) is 20.0. The molecular formula is C17H10F3N3O. The fourth-order valence-corrected chi connectivity index (χ4v) is 1.74. The Morgan fingerprint density at radius 2 is 1.67 bits per heavy atom.